The lowest BCUT2D eigenvalue weighted by atomic mass is 10.2. The van der Waals surface area contributed by atoms with Crippen LogP contribution in [0.15, 0.2) is 48.5 Å². The van der Waals surface area contributed by atoms with E-state index in [1.165, 1.54) is 0 Å². The van der Waals surface area contributed by atoms with E-state index in [1.54, 1.807) is 12.1 Å². The fourth-order valence-corrected chi connectivity index (χ4v) is 3.50. The predicted molar refractivity (Wildman–Crippen MR) is 108 cm³/mol. The van der Waals surface area contributed by atoms with Crippen molar-refractivity contribution in [1.82, 2.24) is 0 Å². The van der Waals surface area contributed by atoms with Crippen LogP contribution < -0.4 is 15.0 Å². The van der Waals surface area contributed by atoms with Gasteiger partial charge < -0.3 is 24.4 Å². The van der Waals surface area contributed by atoms with Crippen LogP contribution in [0, 0.1) is 0 Å². The summed E-state index contributed by atoms with van der Waals surface area (Å²) in [4.78, 5) is 15.0. The molecule has 1 amide bonds. The highest BCUT2D eigenvalue weighted by molar-refractivity contribution is 6.04. The third-order valence-electron chi connectivity index (χ3n) is 5.04. The average Bonchev–Trinajstić information content (AvgIpc) is 3.27. The Morgan fingerprint density at radius 2 is 1.96 bits per heavy atom. The van der Waals surface area contributed by atoms with Crippen molar-refractivity contribution in [2.75, 3.05) is 49.7 Å². The molecule has 0 aliphatic carbocycles. The van der Waals surface area contributed by atoms with Crippen molar-refractivity contribution >= 4 is 17.3 Å². The van der Waals surface area contributed by atoms with Crippen molar-refractivity contribution in [3.05, 3.63) is 54.1 Å². The quantitative estimate of drug-likeness (QED) is 0.830. The number of carbonyl (C=O) groups excluding carboxylic acids is 1. The Morgan fingerprint density at radius 3 is 2.79 bits per heavy atom. The van der Waals surface area contributed by atoms with Gasteiger partial charge in [0.2, 0.25) is 0 Å². The minimum absolute atomic E-state index is 0.151. The van der Waals surface area contributed by atoms with Crippen molar-refractivity contribution in [2.45, 2.75) is 18.9 Å². The first-order valence-electron chi connectivity index (χ1n) is 9.86. The lowest BCUT2D eigenvalue weighted by Gasteiger charge is -2.29. The van der Waals surface area contributed by atoms with Crippen LogP contribution in [0.3, 0.4) is 0 Å². The summed E-state index contributed by atoms with van der Waals surface area (Å²) in [5.41, 5.74) is 2.44. The molecule has 0 bridgehead atoms. The van der Waals surface area contributed by atoms with Crippen molar-refractivity contribution in [2.24, 2.45) is 0 Å². The van der Waals surface area contributed by atoms with Gasteiger partial charge in [-0.3, -0.25) is 4.79 Å². The summed E-state index contributed by atoms with van der Waals surface area (Å²) in [5.74, 6) is 0.534. The number of carbonyl (C=O) groups is 1. The molecule has 6 nitrogen and oxygen atoms in total. The molecule has 0 spiro atoms. The molecule has 0 radical (unpaired) electrons. The minimum Gasteiger partial charge on any atom is -0.491 e. The number of rotatable bonds is 6. The van der Waals surface area contributed by atoms with Crippen molar-refractivity contribution in [3.8, 4) is 5.75 Å². The Morgan fingerprint density at radius 1 is 1.11 bits per heavy atom. The molecule has 2 aromatic rings. The number of anilines is 2. The van der Waals surface area contributed by atoms with E-state index in [9.17, 15) is 4.79 Å². The van der Waals surface area contributed by atoms with Gasteiger partial charge in [-0.15, -0.1) is 0 Å². The van der Waals surface area contributed by atoms with Crippen molar-refractivity contribution in [1.29, 1.82) is 0 Å². The van der Waals surface area contributed by atoms with Crippen molar-refractivity contribution in [3.63, 3.8) is 0 Å². The summed E-state index contributed by atoms with van der Waals surface area (Å²) in [6.45, 7) is 4.51. The van der Waals surface area contributed by atoms with E-state index < -0.39 is 0 Å². The summed E-state index contributed by atoms with van der Waals surface area (Å²) in [7, 11) is 0. The molecule has 6 heteroatoms. The summed E-state index contributed by atoms with van der Waals surface area (Å²) >= 11 is 0. The fraction of sp³-hybridized carbons (Fsp3) is 0.409. The maximum atomic E-state index is 12.7. The second-order valence-corrected chi connectivity index (χ2v) is 7.08. The van der Waals surface area contributed by atoms with Gasteiger partial charge in [-0.25, -0.2) is 0 Å². The highest BCUT2D eigenvalue weighted by atomic mass is 16.5. The average molecular weight is 382 g/mol. The molecule has 148 valence electrons. The molecule has 2 heterocycles. The zero-order chi connectivity index (χ0) is 19.2. The van der Waals surface area contributed by atoms with Crippen LogP contribution in [-0.4, -0.2) is 51.5 Å². The van der Waals surface area contributed by atoms with E-state index in [0.717, 1.165) is 57.1 Å². The number of nitrogens with zero attached hydrogens (tertiary/aromatic N) is 1. The molecule has 2 aliphatic heterocycles. The summed E-state index contributed by atoms with van der Waals surface area (Å²) in [6, 6.07) is 15.2. The molecule has 2 aliphatic rings. The zero-order valence-corrected chi connectivity index (χ0v) is 15.9. The van der Waals surface area contributed by atoms with Crippen molar-refractivity contribution < 1.29 is 19.0 Å². The van der Waals surface area contributed by atoms with Crippen LogP contribution in [0.5, 0.6) is 5.75 Å². The first-order valence-corrected chi connectivity index (χ1v) is 9.86. The predicted octanol–water partition coefficient (Wildman–Crippen LogP) is 3.33. The topological polar surface area (TPSA) is 60.0 Å². The number of ether oxygens (including phenoxy) is 3. The van der Waals surface area contributed by atoms with Gasteiger partial charge in [-0.2, -0.15) is 0 Å². The van der Waals surface area contributed by atoms with E-state index in [4.69, 9.17) is 14.2 Å². The van der Waals surface area contributed by atoms with Gasteiger partial charge in [-0.1, -0.05) is 12.1 Å². The van der Waals surface area contributed by atoms with E-state index in [0.29, 0.717) is 17.9 Å². The number of morpholine rings is 1. The third kappa shape index (κ3) is 4.82. The Kier molecular flexibility index (Phi) is 6.09. The maximum Gasteiger partial charge on any atom is 0.255 e. The van der Waals surface area contributed by atoms with Gasteiger partial charge in [0.15, 0.2) is 0 Å². The Labute approximate surface area is 165 Å². The maximum absolute atomic E-state index is 12.7. The SMILES string of the molecule is O=C(Nc1cccc(N2CCOCC2)c1)c1cccc(OCC2CCCO2)c1. The minimum atomic E-state index is -0.151. The molecule has 28 heavy (non-hydrogen) atoms. The standard InChI is InChI=1S/C22H26N2O4/c25-22(17-4-1-7-20(14-17)28-16-21-8-3-11-27-21)23-18-5-2-6-19(15-18)24-9-12-26-13-10-24/h1-2,4-7,14-15,21H,3,8-13,16H2,(H,23,25). The highest BCUT2D eigenvalue weighted by Gasteiger charge is 2.16. The van der Waals surface area contributed by atoms with Gasteiger partial charge in [0.1, 0.15) is 12.4 Å². The Bertz CT molecular complexity index is 799. The molecule has 1 unspecified atom stereocenters. The monoisotopic (exact) mass is 382 g/mol. The lowest BCUT2D eigenvalue weighted by molar-refractivity contribution is 0.0679. The largest absolute Gasteiger partial charge is 0.491 e. The Hall–Kier alpha value is -2.57. The van der Waals surface area contributed by atoms with E-state index in [2.05, 4.69) is 16.3 Å². The molecular weight excluding hydrogens is 356 g/mol. The van der Waals surface area contributed by atoms with Crippen LogP contribution in [0.25, 0.3) is 0 Å². The highest BCUT2D eigenvalue weighted by Crippen LogP contribution is 2.22. The molecule has 2 saturated heterocycles. The van der Waals surface area contributed by atoms with Crippen LogP contribution in [0.1, 0.15) is 23.2 Å². The molecule has 1 N–H and O–H groups in total. The molecule has 2 fully saturated rings. The number of hydrogen-bond acceptors (Lipinski definition) is 5. The van der Waals surface area contributed by atoms with Gasteiger partial charge in [0.05, 0.1) is 19.3 Å². The first-order chi connectivity index (χ1) is 13.8. The smallest absolute Gasteiger partial charge is 0.255 e. The van der Waals surface area contributed by atoms with E-state index >= 15 is 0 Å². The summed E-state index contributed by atoms with van der Waals surface area (Å²) < 4.78 is 16.8. The van der Waals surface area contributed by atoms with Crippen LogP contribution in [-0.2, 0) is 9.47 Å². The Balaban J connectivity index is 1.38. The van der Waals surface area contributed by atoms with Crippen LogP contribution >= 0.6 is 0 Å². The van der Waals surface area contributed by atoms with Gasteiger partial charge in [0.25, 0.3) is 5.91 Å². The molecule has 2 aromatic carbocycles. The number of nitrogens with one attached hydrogen (secondary N) is 1. The number of amides is 1. The second-order valence-electron chi connectivity index (χ2n) is 7.08. The van der Waals surface area contributed by atoms with Gasteiger partial charge in [-0.05, 0) is 49.2 Å². The number of hydrogen-bond donors (Lipinski definition) is 1. The lowest BCUT2D eigenvalue weighted by Crippen LogP contribution is -2.36. The molecule has 4 rings (SSSR count). The van der Waals surface area contributed by atoms with Gasteiger partial charge >= 0.3 is 0 Å². The second kappa shape index (κ2) is 9.08. The molecule has 0 saturated carbocycles. The molecule has 0 aromatic heterocycles. The normalized spacial score (nSPS) is 19.4. The van der Waals surface area contributed by atoms with Crippen LogP contribution in [0.2, 0.25) is 0 Å². The number of benzene rings is 2. The molecule has 1 atom stereocenters. The third-order valence-corrected chi connectivity index (χ3v) is 5.04. The van der Waals surface area contributed by atoms with E-state index in [-0.39, 0.29) is 12.0 Å². The zero-order valence-electron chi connectivity index (χ0n) is 15.9. The molecular formula is C22H26N2O4. The van der Waals surface area contributed by atoms with Gasteiger partial charge in [0, 0.05) is 36.6 Å². The summed E-state index contributed by atoms with van der Waals surface area (Å²) in [5, 5.41) is 2.99. The first kappa shape index (κ1) is 18.8. The van der Waals surface area contributed by atoms with E-state index in [1.807, 2.05) is 30.3 Å². The van der Waals surface area contributed by atoms with Crippen LogP contribution in [0.4, 0.5) is 11.4 Å². The summed E-state index contributed by atoms with van der Waals surface area (Å²) in [6.07, 6.45) is 2.26. The fourth-order valence-electron chi connectivity index (χ4n) is 3.50.